The number of aliphatic hydroxyl groups excluding tert-OH is 1. The van der Waals surface area contributed by atoms with Crippen molar-refractivity contribution in [2.75, 3.05) is 39.3 Å². The number of rotatable bonds is 20. The highest BCUT2D eigenvalue weighted by Gasteiger charge is 2.62. The van der Waals surface area contributed by atoms with E-state index in [1.807, 2.05) is 13.8 Å². The highest BCUT2D eigenvalue weighted by molar-refractivity contribution is 7.80. The molecule has 4 unspecified atom stereocenters. The molecule has 0 aromatic carbocycles. The third-order valence-corrected chi connectivity index (χ3v) is 14.3. The summed E-state index contributed by atoms with van der Waals surface area (Å²) < 4.78 is 37.2. The molecule has 0 aromatic rings. The molecule has 0 amide bonds. The second-order valence-corrected chi connectivity index (χ2v) is 18.1. The third-order valence-electron chi connectivity index (χ3n) is 13.8. The molecule has 0 bridgehead atoms. The fourth-order valence-corrected chi connectivity index (χ4v) is 11.8. The standard InChI is InChI=1S/C37H72N4O5S/c1-26(2)34(46-47(43,44)45)13-10-27(3)30-11-12-31-35-32(15-17-37(30,31)5)36(4)16-14-29(24-28(36)25-33(35)42)41-23-9-22-40-20-7-6-19-39-21-8-18-38/h26-35,39-42H,6-25,38H2,1-5H3,(H,43,44,45)/t27-,28-,29-,30-,31?,32?,33?,34+,35?,36+,37-/m1/s1. The molecule has 0 aromatic heterocycles. The second-order valence-electron chi connectivity index (χ2n) is 17.0. The van der Waals surface area contributed by atoms with Crippen LogP contribution in [0, 0.1) is 52.3 Å². The maximum absolute atomic E-state index is 11.8. The van der Waals surface area contributed by atoms with Gasteiger partial charge in [-0.3, -0.25) is 4.55 Å². The number of fused-ring (bicyclic) bond motifs is 5. The van der Waals surface area contributed by atoms with Gasteiger partial charge in [-0.15, -0.1) is 0 Å². The topological polar surface area (TPSA) is 146 Å². The normalized spacial score (nSPS) is 36.9. The summed E-state index contributed by atoms with van der Waals surface area (Å²) in [7, 11) is -4.46. The quantitative estimate of drug-likeness (QED) is 0.0720. The van der Waals surface area contributed by atoms with Crippen LogP contribution in [0.5, 0.6) is 0 Å². The smallest absolute Gasteiger partial charge is 0.393 e. The van der Waals surface area contributed by atoms with Crippen LogP contribution in [-0.4, -0.2) is 75.6 Å². The number of nitrogens with one attached hydrogen (secondary N) is 3. The van der Waals surface area contributed by atoms with Gasteiger partial charge < -0.3 is 26.8 Å². The Bertz CT molecular complexity index is 1050. The summed E-state index contributed by atoms with van der Waals surface area (Å²) in [6.45, 7) is 17.4. The fourth-order valence-electron chi connectivity index (χ4n) is 11.2. The fraction of sp³-hybridized carbons (Fsp3) is 1.00. The molecule has 0 aliphatic heterocycles. The van der Waals surface area contributed by atoms with Crippen molar-refractivity contribution < 1.29 is 22.3 Å². The summed E-state index contributed by atoms with van der Waals surface area (Å²) >= 11 is 0. The SMILES string of the molecule is CC(C)[C@H](CC[C@@H](C)[C@H]1CCC2C3C(O)C[C@H]4C[C@H](NCCCNCCCCNCCCN)CC[C@]4(C)C3CC[C@@]21C)OS(=O)(=O)O. The Morgan fingerprint density at radius 3 is 2.13 bits per heavy atom. The summed E-state index contributed by atoms with van der Waals surface area (Å²) in [6.07, 6.45) is 15.0. The molecule has 4 aliphatic rings. The van der Waals surface area contributed by atoms with Gasteiger partial charge in [-0.25, -0.2) is 4.18 Å². The Kier molecular flexibility index (Phi) is 14.9. The van der Waals surface area contributed by atoms with Crippen LogP contribution in [0.25, 0.3) is 0 Å². The molecule has 0 spiro atoms. The molecule has 47 heavy (non-hydrogen) atoms. The van der Waals surface area contributed by atoms with Gasteiger partial charge in [0.15, 0.2) is 0 Å². The van der Waals surface area contributed by atoms with E-state index in [0.29, 0.717) is 53.4 Å². The molecule has 0 radical (unpaired) electrons. The van der Waals surface area contributed by atoms with E-state index in [1.54, 1.807) is 0 Å². The molecule has 11 atom stereocenters. The molecule has 9 nitrogen and oxygen atoms in total. The zero-order chi connectivity index (χ0) is 34.2. The molecule has 0 saturated heterocycles. The van der Waals surface area contributed by atoms with Crippen LogP contribution in [-0.2, 0) is 14.6 Å². The molecule has 276 valence electrons. The Morgan fingerprint density at radius 1 is 0.830 bits per heavy atom. The molecule has 7 N–H and O–H groups in total. The zero-order valence-corrected chi connectivity index (χ0v) is 31.3. The Morgan fingerprint density at radius 2 is 1.47 bits per heavy atom. The lowest BCUT2D eigenvalue weighted by Crippen LogP contribution is -2.59. The highest BCUT2D eigenvalue weighted by Crippen LogP contribution is 2.68. The molecular weight excluding hydrogens is 612 g/mol. The van der Waals surface area contributed by atoms with E-state index in [2.05, 4.69) is 36.7 Å². The third kappa shape index (κ3) is 10.1. The van der Waals surface area contributed by atoms with E-state index < -0.39 is 16.5 Å². The lowest BCUT2D eigenvalue weighted by atomic mass is 9.43. The summed E-state index contributed by atoms with van der Waals surface area (Å²) in [6, 6.07) is 0.571. The first kappa shape index (κ1) is 39.5. The molecule has 4 fully saturated rings. The first-order chi connectivity index (χ1) is 22.3. The van der Waals surface area contributed by atoms with E-state index in [-0.39, 0.29) is 17.4 Å². The van der Waals surface area contributed by atoms with Gasteiger partial charge >= 0.3 is 10.4 Å². The number of hydrogen-bond acceptors (Lipinski definition) is 8. The van der Waals surface area contributed by atoms with Crippen LogP contribution in [0.15, 0.2) is 0 Å². The van der Waals surface area contributed by atoms with Crippen molar-refractivity contribution in [1.82, 2.24) is 16.0 Å². The summed E-state index contributed by atoms with van der Waals surface area (Å²) in [4.78, 5) is 0. The molecular formula is C37H72N4O5S. The number of nitrogens with two attached hydrogens (primary N) is 1. The largest absolute Gasteiger partial charge is 0.397 e. The second kappa shape index (κ2) is 17.7. The van der Waals surface area contributed by atoms with Gasteiger partial charge in [-0.2, -0.15) is 8.42 Å². The van der Waals surface area contributed by atoms with Crippen molar-refractivity contribution in [2.45, 2.75) is 143 Å². The summed E-state index contributed by atoms with van der Waals surface area (Å²) in [5.74, 6) is 3.20. The van der Waals surface area contributed by atoms with Crippen LogP contribution in [0.1, 0.15) is 125 Å². The minimum Gasteiger partial charge on any atom is -0.393 e. The maximum Gasteiger partial charge on any atom is 0.397 e. The van der Waals surface area contributed by atoms with Gasteiger partial charge in [0.1, 0.15) is 0 Å². The van der Waals surface area contributed by atoms with Crippen LogP contribution in [0.4, 0.5) is 0 Å². The molecule has 4 aliphatic carbocycles. The Labute approximate surface area is 288 Å². The van der Waals surface area contributed by atoms with Crippen LogP contribution >= 0.6 is 0 Å². The van der Waals surface area contributed by atoms with Crippen molar-refractivity contribution in [2.24, 2.45) is 58.0 Å². The molecule has 4 rings (SSSR count). The average molecular weight is 685 g/mol. The number of hydrogen-bond donors (Lipinski definition) is 6. The maximum atomic E-state index is 11.8. The van der Waals surface area contributed by atoms with E-state index >= 15 is 0 Å². The van der Waals surface area contributed by atoms with Crippen molar-refractivity contribution in [1.29, 1.82) is 0 Å². The zero-order valence-electron chi connectivity index (χ0n) is 30.5. The summed E-state index contributed by atoms with van der Waals surface area (Å²) in [5.41, 5.74) is 6.08. The average Bonchev–Trinajstić information content (AvgIpc) is 3.36. The highest BCUT2D eigenvalue weighted by atomic mass is 32.3. The van der Waals surface area contributed by atoms with Gasteiger partial charge in [-0.1, -0.05) is 34.6 Å². The summed E-state index contributed by atoms with van der Waals surface area (Å²) in [5, 5.41) is 22.8. The Hall–Kier alpha value is -0.330. The monoisotopic (exact) mass is 685 g/mol. The predicted octanol–water partition coefficient (Wildman–Crippen LogP) is 5.53. The van der Waals surface area contributed by atoms with Crippen LogP contribution < -0.4 is 21.7 Å². The van der Waals surface area contributed by atoms with Crippen molar-refractivity contribution in [3.63, 3.8) is 0 Å². The van der Waals surface area contributed by atoms with Gasteiger partial charge in [-0.05, 0) is 181 Å². The van der Waals surface area contributed by atoms with Gasteiger partial charge in [0, 0.05) is 6.04 Å². The van der Waals surface area contributed by atoms with Crippen molar-refractivity contribution in [3.05, 3.63) is 0 Å². The van der Waals surface area contributed by atoms with Crippen LogP contribution in [0.2, 0.25) is 0 Å². The van der Waals surface area contributed by atoms with Crippen molar-refractivity contribution in [3.8, 4) is 0 Å². The Balaban J connectivity index is 1.23. The van der Waals surface area contributed by atoms with E-state index in [4.69, 9.17) is 9.92 Å². The minimum atomic E-state index is -4.46. The molecule has 0 heterocycles. The number of unbranched alkanes of at least 4 members (excludes halogenated alkanes) is 1. The van der Waals surface area contributed by atoms with Gasteiger partial charge in [0.05, 0.1) is 12.2 Å². The van der Waals surface area contributed by atoms with Gasteiger partial charge in [0.25, 0.3) is 0 Å². The molecule has 4 saturated carbocycles. The van der Waals surface area contributed by atoms with Crippen molar-refractivity contribution >= 4 is 10.4 Å². The van der Waals surface area contributed by atoms with Gasteiger partial charge in [0.2, 0.25) is 0 Å². The minimum absolute atomic E-state index is 0.0137. The molecule has 10 heteroatoms. The van der Waals surface area contributed by atoms with Crippen LogP contribution in [0.3, 0.4) is 0 Å². The van der Waals surface area contributed by atoms with E-state index in [1.165, 1.54) is 57.8 Å². The number of aliphatic hydroxyl groups is 1. The van der Waals surface area contributed by atoms with E-state index in [9.17, 15) is 18.1 Å². The van der Waals surface area contributed by atoms with E-state index in [0.717, 1.165) is 65.0 Å². The first-order valence-corrected chi connectivity index (χ1v) is 20.8. The predicted molar refractivity (Wildman–Crippen MR) is 191 cm³/mol. The lowest BCUT2D eigenvalue weighted by molar-refractivity contribution is -0.167. The first-order valence-electron chi connectivity index (χ1n) is 19.5. The lowest BCUT2D eigenvalue weighted by Gasteiger charge is -2.62.